The molecule has 0 atom stereocenters. The predicted molar refractivity (Wildman–Crippen MR) is 108 cm³/mol. The maximum atomic E-state index is 10.1. The smallest absolute Gasteiger partial charge is 0.188 e. The van der Waals surface area contributed by atoms with Gasteiger partial charge < -0.3 is 23.7 Å². The molecule has 0 spiro atoms. The van der Waals surface area contributed by atoms with Crippen LogP contribution in [0.15, 0.2) is 53.4 Å². The molecule has 29 heavy (non-hydrogen) atoms. The van der Waals surface area contributed by atoms with Gasteiger partial charge >= 0.3 is 0 Å². The van der Waals surface area contributed by atoms with Crippen LogP contribution in [0.4, 0.5) is 0 Å². The Morgan fingerprint density at radius 2 is 1.93 bits per heavy atom. The van der Waals surface area contributed by atoms with Crippen molar-refractivity contribution in [3.63, 3.8) is 0 Å². The number of hydrogen-bond donors (Lipinski definition) is 1. The molecule has 0 aliphatic carbocycles. The first-order valence-electron chi connectivity index (χ1n) is 8.94. The van der Waals surface area contributed by atoms with Gasteiger partial charge in [-0.1, -0.05) is 12.1 Å². The number of rotatable bonds is 6. The first-order chi connectivity index (χ1) is 14.1. The third-order valence-electron chi connectivity index (χ3n) is 4.63. The molecule has 0 bridgehead atoms. The lowest BCUT2D eigenvalue weighted by Gasteiger charge is -2.14. The van der Waals surface area contributed by atoms with Crippen LogP contribution in [0.2, 0.25) is 0 Å². The van der Waals surface area contributed by atoms with E-state index in [-0.39, 0.29) is 12.5 Å². The number of aromatic nitrogens is 2. The number of oxazole rings is 1. The van der Waals surface area contributed by atoms with Crippen LogP contribution in [-0.4, -0.2) is 36.1 Å². The minimum absolute atomic E-state index is 0.0847. The molecule has 0 unspecified atom stereocenters. The number of aryl methyl sites for hydroxylation is 1. The van der Waals surface area contributed by atoms with Gasteiger partial charge in [-0.25, -0.2) is 9.97 Å². The standard InChI is InChI=1S/C22H20N2O5/c1-13-4-5-14(6-19(13)25)17-8-21(29-12-26-2)15-7-16(22-10-23-11-28-22)20(27-3)9-18(15)24-17/h4-11,25H,12H2,1-3H3. The van der Waals surface area contributed by atoms with Crippen molar-refractivity contribution in [2.24, 2.45) is 0 Å². The maximum Gasteiger partial charge on any atom is 0.188 e. The Hall–Kier alpha value is -3.58. The van der Waals surface area contributed by atoms with Crippen molar-refractivity contribution in [2.75, 3.05) is 21.0 Å². The first-order valence-corrected chi connectivity index (χ1v) is 8.94. The highest BCUT2D eigenvalue weighted by molar-refractivity contribution is 5.93. The third kappa shape index (κ3) is 3.60. The van der Waals surface area contributed by atoms with Crippen LogP contribution >= 0.6 is 0 Å². The average molecular weight is 392 g/mol. The van der Waals surface area contributed by atoms with Gasteiger partial charge in [-0.05, 0) is 24.6 Å². The third-order valence-corrected chi connectivity index (χ3v) is 4.63. The van der Waals surface area contributed by atoms with Gasteiger partial charge in [-0.2, -0.15) is 0 Å². The molecule has 0 radical (unpaired) electrons. The number of ether oxygens (including phenoxy) is 3. The molecule has 148 valence electrons. The predicted octanol–water partition coefficient (Wildman–Crippen LogP) is 4.56. The number of methoxy groups -OCH3 is 2. The van der Waals surface area contributed by atoms with Crippen molar-refractivity contribution < 1.29 is 23.7 Å². The van der Waals surface area contributed by atoms with Crippen LogP contribution in [0, 0.1) is 6.92 Å². The highest BCUT2D eigenvalue weighted by atomic mass is 16.7. The van der Waals surface area contributed by atoms with Crippen molar-refractivity contribution in [3.05, 3.63) is 54.6 Å². The zero-order chi connectivity index (χ0) is 20.4. The number of benzene rings is 2. The normalized spacial score (nSPS) is 11.0. The van der Waals surface area contributed by atoms with Crippen molar-refractivity contribution in [1.82, 2.24) is 9.97 Å². The summed E-state index contributed by atoms with van der Waals surface area (Å²) in [6.07, 6.45) is 2.99. The van der Waals surface area contributed by atoms with E-state index in [4.69, 9.17) is 23.6 Å². The maximum absolute atomic E-state index is 10.1. The summed E-state index contributed by atoms with van der Waals surface area (Å²) in [6, 6.07) is 11.0. The summed E-state index contributed by atoms with van der Waals surface area (Å²) < 4.78 is 21.9. The van der Waals surface area contributed by atoms with Gasteiger partial charge in [0.05, 0.1) is 30.1 Å². The van der Waals surface area contributed by atoms with E-state index in [1.165, 1.54) is 6.39 Å². The van der Waals surface area contributed by atoms with Gasteiger partial charge in [0.15, 0.2) is 18.9 Å². The van der Waals surface area contributed by atoms with E-state index in [0.29, 0.717) is 28.5 Å². The fourth-order valence-corrected chi connectivity index (χ4v) is 3.09. The summed E-state index contributed by atoms with van der Waals surface area (Å²) >= 11 is 0. The van der Waals surface area contributed by atoms with E-state index < -0.39 is 0 Å². The van der Waals surface area contributed by atoms with E-state index >= 15 is 0 Å². The SMILES string of the molecule is COCOc1cc(-c2ccc(C)c(O)c2)nc2cc(OC)c(-c3cnco3)cc12. The molecular formula is C22H20N2O5. The first kappa shape index (κ1) is 18.8. The topological polar surface area (TPSA) is 86.8 Å². The Bertz CT molecular complexity index is 1160. The summed E-state index contributed by atoms with van der Waals surface area (Å²) in [5, 5.41) is 10.9. The van der Waals surface area contributed by atoms with Crippen LogP contribution in [0.25, 0.3) is 33.5 Å². The van der Waals surface area contributed by atoms with E-state index in [2.05, 4.69) is 4.98 Å². The van der Waals surface area contributed by atoms with Gasteiger partial charge in [-0.3, -0.25) is 0 Å². The molecule has 1 N–H and O–H groups in total. The summed E-state index contributed by atoms with van der Waals surface area (Å²) in [7, 11) is 3.15. The number of fused-ring (bicyclic) bond motifs is 1. The minimum atomic E-state index is 0.0847. The second kappa shape index (κ2) is 7.81. The van der Waals surface area contributed by atoms with Crippen LogP contribution < -0.4 is 9.47 Å². The van der Waals surface area contributed by atoms with E-state index in [1.807, 2.05) is 37.3 Å². The lowest BCUT2D eigenvalue weighted by molar-refractivity contribution is 0.0522. The largest absolute Gasteiger partial charge is 0.508 e. The molecule has 0 amide bonds. The Balaban J connectivity index is 1.94. The molecule has 0 saturated heterocycles. The van der Waals surface area contributed by atoms with Gasteiger partial charge in [0.25, 0.3) is 0 Å². The van der Waals surface area contributed by atoms with E-state index in [9.17, 15) is 5.11 Å². The second-order valence-corrected chi connectivity index (χ2v) is 6.49. The molecule has 7 heteroatoms. The number of hydrogen-bond acceptors (Lipinski definition) is 7. The molecule has 2 heterocycles. The summed E-state index contributed by atoms with van der Waals surface area (Å²) in [5.74, 6) is 1.98. The fraction of sp³-hybridized carbons (Fsp3) is 0.182. The Morgan fingerprint density at radius 3 is 2.62 bits per heavy atom. The monoisotopic (exact) mass is 392 g/mol. The van der Waals surface area contributed by atoms with Gasteiger partial charge in [0.2, 0.25) is 0 Å². The quantitative estimate of drug-likeness (QED) is 0.481. The van der Waals surface area contributed by atoms with E-state index in [0.717, 1.165) is 22.1 Å². The lowest BCUT2D eigenvalue weighted by Crippen LogP contribution is -2.01. The Kier molecular flexibility index (Phi) is 5.05. The molecule has 2 aromatic heterocycles. The number of phenols is 1. The van der Waals surface area contributed by atoms with E-state index in [1.54, 1.807) is 26.5 Å². The van der Waals surface area contributed by atoms with Crippen molar-refractivity contribution in [2.45, 2.75) is 6.92 Å². The molecule has 0 saturated carbocycles. The van der Waals surface area contributed by atoms with Crippen LogP contribution in [0.5, 0.6) is 17.2 Å². The zero-order valence-corrected chi connectivity index (χ0v) is 16.3. The van der Waals surface area contributed by atoms with Gasteiger partial charge in [-0.15, -0.1) is 0 Å². The molecule has 4 aromatic rings. The number of pyridine rings is 1. The zero-order valence-electron chi connectivity index (χ0n) is 16.3. The van der Waals surface area contributed by atoms with Crippen LogP contribution in [0.3, 0.4) is 0 Å². The van der Waals surface area contributed by atoms with Crippen molar-refractivity contribution in [3.8, 4) is 39.8 Å². The molecule has 2 aromatic carbocycles. The number of phenolic OH excluding ortho intramolecular Hbond substituents is 1. The Morgan fingerprint density at radius 1 is 1.07 bits per heavy atom. The molecule has 0 aliphatic heterocycles. The van der Waals surface area contributed by atoms with Crippen molar-refractivity contribution in [1.29, 1.82) is 0 Å². The fourth-order valence-electron chi connectivity index (χ4n) is 3.09. The summed E-state index contributed by atoms with van der Waals surface area (Å²) in [6.45, 7) is 1.93. The van der Waals surface area contributed by atoms with Crippen LogP contribution in [0.1, 0.15) is 5.56 Å². The van der Waals surface area contributed by atoms with Gasteiger partial charge in [0.1, 0.15) is 17.2 Å². The molecule has 7 nitrogen and oxygen atoms in total. The van der Waals surface area contributed by atoms with Crippen molar-refractivity contribution >= 4 is 10.9 Å². The minimum Gasteiger partial charge on any atom is -0.508 e. The number of nitrogens with zero attached hydrogens (tertiary/aromatic N) is 2. The molecule has 0 fully saturated rings. The molecule has 4 rings (SSSR count). The second-order valence-electron chi connectivity index (χ2n) is 6.49. The molecule has 0 aliphatic rings. The summed E-state index contributed by atoms with van der Waals surface area (Å²) in [5.41, 5.74) is 3.64. The molecular weight excluding hydrogens is 372 g/mol. The summed E-state index contributed by atoms with van der Waals surface area (Å²) in [4.78, 5) is 8.74. The van der Waals surface area contributed by atoms with Crippen LogP contribution in [-0.2, 0) is 4.74 Å². The number of aromatic hydroxyl groups is 1. The highest BCUT2D eigenvalue weighted by Crippen LogP contribution is 2.39. The Labute approximate surface area is 167 Å². The van der Waals surface area contributed by atoms with Gasteiger partial charge in [0, 0.05) is 30.2 Å². The lowest BCUT2D eigenvalue weighted by atomic mass is 10.0. The average Bonchev–Trinajstić information content (AvgIpc) is 3.27. The highest BCUT2D eigenvalue weighted by Gasteiger charge is 2.16.